The molecule has 0 amide bonds. The number of aromatic nitrogens is 2. The Morgan fingerprint density at radius 3 is 2.00 bits per heavy atom. The molecule has 1 aliphatic heterocycles. The van der Waals surface area contributed by atoms with E-state index in [9.17, 15) is 0 Å². The minimum Gasteiger partial charge on any atom is -0.457 e. The molecule has 2 aromatic heterocycles. The lowest BCUT2D eigenvalue weighted by Crippen LogP contribution is -2.24. The van der Waals surface area contributed by atoms with E-state index in [0.717, 1.165) is 45.1 Å². The zero-order valence-corrected chi connectivity index (χ0v) is 32.4. The van der Waals surface area contributed by atoms with Crippen molar-refractivity contribution in [3.63, 3.8) is 0 Å². The minimum atomic E-state index is 0.00218. The Morgan fingerprint density at radius 1 is 0.527 bits per heavy atom. The van der Waals surface area contributed by atoms with E-state index in [4.69, 9.17) is 9.72 Å². The van der Waals surface area contributed by atoms with Gasteiger partial charge in [0.25, 0.3) is 0 Å². The second-order valence-corrected chi connectivity index (χ2v) is 16.6. The summed E-state index contributed by atoms with van der Waals surface area (Å²) >= 11 is 0. The predicted octanol–water partition coefficient (Wildman–Crippen LogP) is 13.5. The van der Waals surface area contributed by atoms with Crippen molar-refractivity contribution >= 4 is 44.6 Å². The summed E-state index contributed by atoms with van der Waals surface area (Å²) in [5.74, 6) is 2.45. The lowest BCUT2D eigenvalue weighted by molar-refractivity contribution is 0.483. The topological polar surface area (TPSA) is 33.5 Å². The van der Waals surface area contributed by atoms with Gasteiger partial charge in [0.2, 0.25) is 0 Å². The first-order valence-electron chi connectivity index (χ1n) is 19.1. The molecule has 0 unspecified atom stereocenters. The van der Waals surface area contributed by atoms with Gasteiger partial charge in [-0.05, 0) is 88.2 Å². The monoisotopic (exact) mass is 718 g/mol. The van der Waals surface area contributed by atoms with Gasteiger partial charge >= 0.3 is 0 Å². The molecule has 0 spiro atoms. The van der Waals surface area contributed by atoms with E-state index in [1.165, 1.54) is 39.0 Å². The van der Waals surface area contributed by atoms with Crippen LogP contribution < -0.4 is 14.5 Å². The number of para-hydroxylation sites is 2. The fourth-order valence-electron chi connectivity index (χ4n) is 7.86. The molecule has 0 radical (unpaired) electrons. The first kappa shape index (κ1) is 34.4. The summed E-state index contributed by atoms with van der Waals surface area (Å²) in [5.41, 5.74) is 11.8. The molecule has 0 N–H and O–H groups in total. The average molecular weight is 719 g/mol. The largest absolute Gasteiger partial charge is 0.457 e. The molecular formula is C50H46N4O. The zero-order valence-electron chi connectivity index (χ0n) is 32.4. The minimum absolute atomic E-state index is 0.00218. The van der Waals surface area contributed by atoms with Gasteiger partial charge in [0.05, 0.1) is 22.4 Å². The number of pyridine rings is 1. The first-order valence-corrected chi connectivity index (χ1v) is 19.1. The van der Waals surface area contributed by atoms with Crippen molar-refractivity contribution in [2.75, 3.05) is 16.5 Å². The molecule has 0 saturated carbocycles. The van der Waals surface area contributed by atoms with Gasteiger partial charge in [-0.3, -0.25) is 4.57 Å². The van der Waals surface area contributed by atoms with E-state index in [2.05, 4.69) is 202 Å². The van der Waals surface area contributed by atoms with Crippen LogP contribution in [-0.4, -0.2) is 16.2 Å². The third kappa shape index (κ3) is 6.30. The van der Waals surface area contributed by atoms with Crippen LogP contribution in [0.15, 0.2) is 158 Å². The molecule has 5 heteroatoms. The zero-order chi connectivity index (χ0) is 37.9. The standard InChI is InChI=1S/C50H46N4O/c1-49(2,3)35-17-12-18-37(29-35)53-33-52(45-24-14-22-41(48(45)53)34-15-8-7-9-16-34)38-19-13-20-39(31-38)55-40-25-26-43-42-21-10-11-23-44(42)54(46(43)32-40)47-30-36(27-28-51-47)50(4,5)6/h7-32H,33H2,1-6H3. The van der Waals surface area contributed by atoms with Gasteiger partial charge in [0, 0.05) is 46.0 Å². The van der Waals surface area contributed by atoms with E-state index >= 15 is 0 Å². The number of hydrogen-bond donors (Lipinski definition) is 0. The van der Waals surface area contributed by atoms with Crippen LogP contribution in [0.2, 0.25) is 0 Å². The van der Waals surface area contributed by atoms with E-state index in [1.807, 2.05) is 12.3 Å². The Bertz CT molecular complexity index is 2700. The van der Waals surface area contributed by atoms with Crippen molar-refractivity contribution in [2.24, 2.45) is 0 Å². The third-order valence-electron chi connectivity index (χ3n) is 10.8. The molecular weight excluding hydrogens is 673 g/mol. The molecule has 9 rings (SSSR count). The van der Waals surface area contributed by atoms with Crippen molar-refractivity contribution in [2.45, 2.75) is 52.4 Å². The average Bonchev–Trinajstić information content (AvgIpc) is 3.74. The second kappa shape index (κ2) is 13.2. The van der Waals surface area contributed by atoms with Crippen molar-refractivity contribution in [3.8, 4) is 28.4 Å². The maximum atomic E-state index is 6.72. The van der Waals surface area contributed by atoms with Crippen LogP contribution in [0.3, 0.4) is 0 Å². The van der Waals surface area contributed by atoms with Crippen molar-refractivity contribution in [3.05, 3.63) is 169 Å². The lowest BCUT2D eigenvalue weighted by Gasteiger charge is -2.26. The maximum Gasteiger partial charge on any atom is 0.137 e. The van der Waals surface area contributed by atoms with Gasteiger partial charge in [-0.25, -0.2) is 4.98 Å². The molecule has 55 heavy (non-hydrogen) atoms. The lowest BCUT2D eigenvalue weighted by atomic mass is 9.87. The molecule has 0 aliphatic carbocycles. The SMILES string of the molecule is CC(C)(C)c1cccc(N2CN(c3cccc(Oc4ccc5c6ccccc6n(-c6cc(C(C)(C)C)ccn6)c5c4)c3)c3cccc(-c4ccccc4)c32)c1. The maximum absolute atomic E-state index is 6.72. The van der Waals surface area contributed by atoms with Crippen LogP contribution in [0.25, 0.3) is 38.8 Å². The molecule has 1 aliphatic rings. The van der Waals surface area contributed by atoms with Gasteiger partial charge in [0.1, 0.15) is 24.0 Å². The van der Waals surface area contributed by atoms with E-state index < -0.39 is 0 Å². The quantitative estimate of drug-likeness (QED) is 0.171. The van der Waals surface area contributed by atoms with Crippen LogP contribution in [0.1, 0.15) is 52.7 Å². The number of nitrogens with zero attached hydrogens (tertiary/aromatic N) is 4. The summed E-state index contributed by atoms with van der Waals surface area (Å²) < 4.78 is 8.99. The van der Waals surface area contributed by atoms with Gasteiger partial charge in [0.15, 0.2) is 0 Å². The van der Waals surface area contributed by atoms with Crippen molar-refractivity contribution in [1.29, 1.82) is 0 Å². The van der Waals surface area contributed by atoms with Crippen LogP contribution in [0, 0.1) is 0 Å². The number of hydrogen-bond acceptors (Lipinski definition) is 4. The normalized spacial score (nSPS) is 13.1. The molecule has 8 aromatic rings. The number of ether oxygens (including phenoxy) is 1. The number of benzene rings is 6. The van der Waals surface area contributed by atoms with Gasteiger partial charge in [-0.1, -0.05) is 120 Å². The Morgan fingerprint density at radius 2 is 1.20 bits per heavy atom. The summed E-state index contributed by atoms with van der Waals surface area (Å²) in [4.78, 5) is 9.72. The predicted molar refractivity (Wildman–Crippen MR) is 230 cm³/mol. The number of fused-ring (bicyclic) bond motifs is 4. The van der Waals surface area contributed by atoms with Crippen LogP contribution in [-0.2, 0) is 10.8 Å². The van der Waals surface area contributed by atoms with Crippen LogP contribution >= 0.6 is 0 Å². The fourth-order valence-corrected chi connectivity index (χ4v) is 7.86. The fraction of sp³-hybridized carbons (Fsp3) is 0.180. The van der Waals surface area contributed by atoms with E-state index in [-0.39, 0.29) is 10.8 Å². The molecule has 0 saturated heterocycles. The Labute approximate surface area is 324 Å². The van der Waals surface area contributed by atoms with E-state index in [0.29, 0.717) is 6.67 Å². The van der Waals surface area contributed by atoms with Crippen molar-refractivity contribution < 1.29 is 4.74 Å². The Hall–Kier alpha value is -6.33. The molecule has 3 heterocycles. The number of rotatable bonds is 6. The molecule has 0 bridgehead atoms. The van der Waals surface area contributed by atoms with Crippen molar-refractivity contribution in [1.82, 2.24) is 9.55 Å². The third-order valence-corrected chi connectivity index (χ3v) is 10.8. The highest BCUT2D eigenvalue weighted by Crippen LogP contribution is 2.50. The van der Waals surface area contributed by atoms with Gasteiger partial charge in [-0.15, -0.1) is 0 Å². The smallest absolute Gasteiger partial charge is 0.137 e. The highest BCUT2D eigenvalue weighted by atomic mass is 16.5. The summed E-state index contributed by atoms with van der Waals surface area (Å²) in [6.07, 6.45) is 1.92. The molecule has 0 atom stereocenters. The van der Waals surface area contributed by atoms with E-state index in [1.54, 1.807) is 0 Å². The van der Waals surface area contributed by atoms with Crippen LogP contribution in [0.4, 0.5) is 22.7 Å². The van der Waals surface area contributed by atoms with Gasteiger partial charge in [-0.2, -0.15) is 0 Å². The first-order chi connectivity index (χ1) is 26.5. The molecule has 5 nitrogen and oxygen atoms in total. The second-order valence-electron chi connectivity index (χ2n) is 16.6. The molecule has 272 valence electrons. The molecule has 0 fully saturated rings. The van der Waals surface area contributed by atoms with Gasteiger partial charge < -0.3 is 14.5 Å². The summed E-state index contributed by atoms with van der Waals surface area (Å²) in [6.45, 7) is 14.2. The number of anilines is 4. The highest BCUT2D eigenvalue weighted by Gasteiger charge is 2.32. The Balaban J connectivity index is 1.11. The van der Waals surface area contributed by atoms with Crippen LogP contribution in [0.5, 0.6) is 11.5 Å². The summed E-state index contributed by atoms with van der Waals surface area (Å²) in [5, 5.41) is 2.35. The Kier molecular flexibility index (Phi) is 8.27. The summed E-state index contributed by atoms with van der Waals surface area (Å²) in [7, 11) is 0. The molecule has 6 aromatic carbocycles. The summed E-state index contributed by atoms with van der Waals surface area (Å²) in [6, 6.07) is 54.1. The highest BCUT2D eigenvalue weighted by molar-refractivity contribution is 6.09.